The van der Waals surface area contributed by atoms with Crippen molar-refractivity contribution in [3.8, 4) is 0 Å². The number of nitrogens with one attached hydrogen (secondary N) is 1. The van der Waals surface area contributed by atoms with Crippen molar-refractivity contribution in [1.29, 1.82) is 0 Å². The Kier molecular flexibility index (Phi) is 4.28. The zero-order chi connectivity index (χ0) is 14.7. The Morgan fingerprint density at radius 3 is 2.86 bits per heavy atom. The third-order valence-corrected chi connectivity index (χ3v) is 4.59. The average Bonchev–Trinajstić information content (AvgIpc) is 2.97. The van der Waals surface area contributed by atoms with Crippen LogP contribution in [0.5, 0.6) is 0 Å². The number of para-hydroxylation sites is 1. The van der Waals surface area contributed by atoms with Crippen molar-refractivity contribution in [3.63, 3.8) is 0 Å². The molecular weight excluding hydrogens is 258 g/mol. The van der Waals surface area contributed by atoms with Crippen LogP contribution in [0, 0.1) is 5.92 Å². The maximum absolute atomic E-state index is 4.79. The molecule has 1 N–H and O–H groups in total. The summed E-state index contributed by atoms with van der Waals surface area (Å²) in [5.41, 5.74) is 3.97. The summed E-state index contributed by atoms with van der Waals surface area (Å²) in [5, 5.41) is 8.34. The molecule has 0 radical (unpaired) electrons. The van der Waals surface area contributed by atoms with Gasteiger partial charge in [-0.2, -0.15) is 5.10 Å². The first-order chi connectivity index (χ1) is 10.3. The summed E-state index contributed by atoms with van der Waals surface area (Å²) in [5.74, 6) is 0.643. The molecule has 1 aliphatic heterocycles. The zero-order valence-corrected chi connectivity index (χ0v) is 13.0. The summed E-state index contributed by atoms with van der Waals surface area (Å²) in [7, 11) is 0. The van der Waals surface area contributed by atoms with Gasteiger partial charge in [-0.15, -0.1) is 0 Å². The molecule has 0 saturated heterocycles. The zero-order valence-electron chi connectivity index (χ0n) is 13.0. The summed E-state index contributed by atoms with van der Waals surface area (Å²) >= 11 is 0. The third kappa shape index (κ3) is 3.12. The Morgan fingerprint density at radius 2 is 2.05 bits per heavy atom. The largest absolute Gasteiger partial charge is 0.385 e. The van der Waals surface area contributed by atoms with Crippen LogP contribution in [-0.2, 0) is 12.8 Å². The van der Waals surface area contributed by atoms with Crippen LogP contribution in [0.25, 0.3) is 0 Å². The van der Waals surface area contributed by atoms with E-state index in [9.17, 15) is 0 Å². The first-order valence-electron chi connectivity index (χ1n) is 8.16. The Labute approximate surface area is 127 Å². The minimum atomic E-state index is 0.545. The quantitative estimate of drug-likeness (QED) is 0.896. The summed E-state index contributed by atoms with van der Waals surface area (Å²) in [4.78, 5) is 0. The Bertz CT molecular complexity index is 584. The molecule has 0 bridgehead atoms. The number of anilines is 1. The number of aromatic nitrogens is 2. The molecule has 2 heterocycles. The molecule has 1 aromatic carbocycles. The van der Waals surface area contributed by atoms with E-state index in [0.717, 1.165) is 32.2 Å². The van der Waals surface area contributed by atoms with E-state index < -0.39 is 0 Å². The molecule has 1 atom stereocenters. The molecule has 2 aromatic rings. The highest BCUT2D eigenvalue weighted by Gasteiger charge is 2.19. The number of benzene rings is 1. The highest BCUT2D eigenvalue weighted by Crippen LogP contribution is 2.26. The van der Waals surface area contributed by atoms with Gasteiger partial charge >= 0.3 is 0 Å². The van der Waals surface area contributed by atoms with Gasteiger partial charge in [0.25, 0.3) is 0 Å². The molecule has 0 saturated carbocycles. The summed E-state index contributed by atoms with van der Waals surface area (Å²) < 4.78 is 2.15. The van der Waals surface area contributed by atoms with E-state index in [2.05, 4.69) is 60.4 Å². The SMILES string of the molecule is CCC(CC)n1ccc(CC2CNc3ccccc3C2)n1. The van der Waals surface area contributed by atoms with E-state index in [1.807, 2.05) is 0 Å². The van der Waals surface area contributed by atoms with Crippen LogP contribution in [0.2, 0.25) is 0 Å². The van der Waals surface area contributed by atoms with Crippen LogP contribution in [0.15, 0.2) is 36.5 Å². The van der Waals surface area contributed by atoms with E-state index in [1.54, 1.807) is 0 Å². The van der Waals surface area contributed by atoms with Gasteiger partial charge in [0.1, 0.15) is 0 Å². The maximum Gasteiger partial charge on any atom is 0.0628 e. The van der Waals surface area contributed by atoms with Crippen molar-refractivity contribution in [2.75, 3.05) is 11.9 Å². The fraction of sp³-hybridized carbons (Fsp3) is 0.500. The molecule has 112 valence electrons. The Hall–Kier alpha value is -1.77. The highest BCUT2D eigenvalue weighted by molar-refractivity contribution is 5.53. The Balaban J connectivity index is 1.66. The van der Waals surface area contributed by atoms with Crippen molar-refractivity contribution in [2.24, 2.45) is 5.92 Å². The fourth-order valence-corrected chi connectivity index (χ4v) is 3.30. The van der Waals surface area contributed by atoms with Gasteiger partial charge in [-0.05, 0) is 49.3 Å². The smallest absolute Gasteiger partial charge is 0.0628 e. The van der Waals surface area contributed by atoms with Crippen molar-refractivity contribution in [1.82, 2.24) is 9.78 Å². The second kappa shape index (κ2) is 6.33. The van der Waals surface area contributed by atoms with Gasteiger partial charge in [0, 0.05) is 18.4 Å². The molecule has 0 spiro atoms. The van der Waals surface area contributed by atoms with Gasteiger partial charge in [0.15, 0.2) is 0 Å². The summed E-state index contributed by atoms with van der Waals surface area (Å²) in [6.07, 6.45) is 6.67. The lowest BCUT2D eigenvalue weighted by Gasteiger charge is -2.25. The molecule has 1 aromatic heterocycles. The van der Waals surface area contributed by atoms with Crippen molar-refractivity contribution in [2.45, 2.75) is 45.6 Å². The van der Waals surface area contributed by atoms with Gasteiger partial charge in [-0.1, -0.05) is 32.0 Å². The van der Waals surface area contributed by atoms with E-state index in [0.29, 0.717) is 12.0 Å². The fourth-order valence-electron chi connectivity index (χ4n) is 3.30. The van der Waals surface area contributed by atoms with Gasteiger partial charge in [-0.3, -0.25) is 4.68 Å². The predicted octanol–water partition coefficient (Wildman–Crippen LogP) is 4.07. The minimum Gasteiger partial charge on any atom is -0.385 e. The predicted molar refractivity (Wildman–Crippen MR) is 87.7 cm³/mol. The maximum atomic E-state index is 4.79. The van der Waals surface area contributed by atoms with Gasteiger partial charge in [0.2, 0.25) is 0 Å². The van der Waals surface area contributed by atoms with Crippen LogP contribution < -0.4 is 5.32 Å². The van der Waals surface area contributed by atoms with Crippen molar-refractivity contribution in [3.05, 3.63) is 47.8 Å². The number of hydrogen-bond donors (Lipinski definition) is 1. The lowest BCUT2D eigenvalue weighted by atomic mass is 9.90. The lowest BCUT2D eigenvalue weighted by Crippen LogP contribution is -2.25. The topological polar surface area (TPSA) is 29.9 Å². The van der Waals surface area contributed by atoms with E-state index >= 15 is 0 Å². The molecule has 0 amide bonds. The molecule has 1 aliphatic rings. The molecule has 0 fully saturated rings. The highest BCUT2D eigenvalue weighted by atomic mass is 15.3. The van der Waals surface area contributed by atoms with Crippen LogP contribution >= 0.6 is 0 Å². The normalized spacial score (nSPS) is 17.6. The number of fused-ring (bicyclic) bond motifs is 1. The average molecular weight is 283 g/mol. The summed E-state index contributed by atoms with van der Waals surface area (Å²) in [6, 6.07) is 11.4. The lowest BCUT2D eigenvalue weighted by molar-refractivity contribution is 0.421. The molecule has 3 nitrogen and oxygen atoms in total. The van der Waals surface area contributed by atoms with E-state index in [4.69, 9.17) is 5.10 Å². The van der Waals surface area contributed by atoms with Crippen LogP contribution in [0.1, 0.15) is 44.0 Å². The van der Waals surface area contributed by atoms with E-state index in [1.165, 1.54) is 16.9 Å². The monoisotopic (exact) mass is 283 g/mol. The third-order valence-electron chi connectivity index (χ3n) is 4.59. The number of rotatable bonds is 5. The minimum absolute atomic E-state index is 0.545. The number of hydrogen-bond acceptors (Lipinski definition) is 2. The number of nitrogens with zero attached hydrogens (tertiary/aromatic N) is 2. The first kappa shape index (κ1) is 14.2. The molecule has 1 unspecified atom stereocenters. The molecule has 0 aliphatic carbocycles. The van der Waals surface area contributed by atoms with Gasteiger partial charge < -0.3 is 5.32 Å². The van der Waals surface area contributed by atoms with Crippen molar-refractivity contribution >= 4 is 5.69 Å². The standard InChI is InChI=1S/C18H25N3/c1-3-17(4-2)21-10-9-16(20-21)12-14-11-15-7-5-6-8-18(15)19-13-14/h5-10,14,17,19H,3-4,11-13H2,1-2H3. The second-order valence-electron chi connectivity index (χ2n) is 6.07. The molecule has 3 heteroatoms. The van der Waals surface area contributed by atoms with Crippen LogP contribution in [0.3, 0.4) is 0 Å². The molecule has 3 rings (SSSR count). The first-order valence-corrected chi connectivity index (χ1v) is 8.16. The second-order valence-corrected chi connectivity index (χ2v) is 6.07. The van der Waals surface area contributed by atoms with Crippen LogP contribution in [0.4, 0.5) is 5.69 Å². The van der Waals surface area contributed by atoms with Gasteiger partial charge in [-0.25, -0.2) is 0 Å². The Morgan fingerprint density at radius 1 is 1.24 bits per heavy atom. The van der Waals surface area contributed by atoms with Gasteiger partial charge in [0.05, 0.1) is 11.7 Å². The van der Waals surface area contributed by atoms with Crippen molar-refractivity contribution < 1.29 is 0 Å². The van der Waals surface area contributed by atoms with E-state index in [-0.39, 0.29) is 0 Å². The molecule has 21 heavy (non-hydrogen) atoms. The van der Waals surface area contributed by atoms with Crippen LogP contribution in [-0.4, -0.2) is 16.3 Å². The summed E-state index contributed by atoms with van der Waals surface area (Å²) in [6.45, 7) is 5.52. The molecular formula is C18H25N3.